The van der Waals surface area contributed by atoms with Crippen LogP contribution in [0.5, 0.6) is 0 Å². The van der Waals surface area contributed by atoms with Crippen molar-refractivity contribution in [2.24, 2.45) is 0 Å². The van der Waals surface area contributed by atoms with E-state index in [1.165, 1.54) is 5.56 Å². The number of fused-ring (bicyclic) bond motifs is 1. The third-order valence-corrected chi connectivity index (χ3v) is 3.29. The number of nitrogen functional groups attached to an aromatic ring is 1. The van der Waals surface area contributed by atoms with Crippen LogP contribution in [0.4, 0.5) is 5.69 Å². The van der Waals surface area contributed by atoms with Gasteiger partial charge in [-0.05, 0) is 41.8 Å². The van der Waals surface area contributed by atoms with Crippen molar-refractivity contribution >= 4 is 16.6 Å². The first-order valence-corrected chi connectivity index (χ1v) is 5.96. The van der Waals surface area contributed by atoms with Crippen LogP contribution >= 0.6 is 0 Å². The topological polar surface area (TPSA) is 38.9 Å². The lowest BCUT2D eigenvalue weighted by Crippen LogP contribution is -1.92. The van der Waals surface area contributed by atoms with Gasteiger partial charge in [0.25, 0.3) is 0 Å². The van der Waals surface area contributed by atoms with Crippen LogP contribution in [0.15, 0.2) is 54.7 Å². The van der Waals surface area contributed by atoms with Crippen molar-refractivity contribution < 1.29 is 0 Å². The van der Waals surface area contributed by atoms with Gasteiger partial charge in [-0.3, -0.25) is 4.98 Å². The van der Waals surface area contributed by atoms with Crippen molar-refractivity contribution in [1.82, 2.24) is 4.98 Å². The molecule has 0 aliphatic heterocycles. The Hall–Kier alpha value is -2.35. The molecule has 0 radical (unpaired) electrons. The molecule has 3 aromatic rings. The maximum atomic E-state index is 5.95. The normalized spacial score (nSPS) is 10.7. The lowest BCUT2D eigenvalue weighted by Gasteiger charge is -2.09. The highest BCUT2D eigenvalue weighted by Gasteiger charge is 2.05. The number of nitrogens with two attached hydrogens (primary N) is 1. The van der Waals surface area contributed by atoms with E-state index in [0.717, 1.165) is 27.7 Å². The van der Waals surface area contributed by atoms with Gasteiger partial charge in [0.05, 0.1) is 5.52 Å². The fraction of sp³-hybridized carbons (Fsp3) is 0.0625. The van der Waals surface area contributed by atoms with Crippen molar-refractivity contribution in [2.75, 3.05) is 5.73 Å². The second kappa shape index (κ2) is 4.15. The van der Waals surface area contributed by atoms with Crippen molar-refractivity contribution in [3.05, 3.63) is 60.3 Å². The van der Waals surface area contributed by atoms with Gasteiger partial charge in [-0.2, -0.15) is 0 Å². The Morgan fingerprint density at radius 2 is 1.89 bits per heavy atom. The van der Waals surface area contributed by atoms with Crippen LogP contribution in [-0.4, -0.2) is 4.98 Å². The second-order valence-corrected chi connectivity index (χ2v) is 4.43. The molecule has 88 valence electrons. The summed E-state index contributed by atoms with van der Waals surface area (Å²) in [5, 5.41) is 1.16. The van der Waals surface area contributed by atoms with Crippen LogP contribution in [-0.2, 0) is 0 Å². The van der Waals surface area contributed by atoms with Crippen LogP contribution in [0.25, 0.3) is 22.0 Å². The molecule has 18 heavy (non-hydrogen) atoms. The Labute approximate surface area is 106 Å². The molecule has 2 N–H and O–H groups in total. The number of hydrogen-bond acceptors (Lipinski definition) is 2. The maximum Gasteiger partial charge on any atom is 0.0708 e. The van der Waals surface area contributed by atoms with Gasteiger partial charge in [0.15, 0.2) is 0 Å². The lowest BCUT2D eigenvalue weighted by molar-refractivity contribution is 1.41. The Kier molecular flexibility index (Phi) is 2.49. The van der Waals surface area contributed by atoms with Crippen molar-refractivity contribution in [3.8, 4) is 11.1 Å². The molecule has 0 amide bonds. The first kappa shape index (κ1) is 10.8. The molecule has 0 bridgehead atoms. The monoisotopic (exact) mass is 234 g/mol. The van der Waals surface area contributed by atoms with E-state index in [1.807, 2.05) is 31.3 Å². The summed E-state index contributed by atoms with van der Waals surface area (Å²) in [5.41, 5.74) is 11.2. The van der Waals surface area contributed by atoms with Gasteiger partial charge in [0, 0.05) is 17.3 Å². The summed E-state index contributed by atoms with van der Waals surface area (Å²) in [7, 11) is 0. The predicted octanol–water partition coefficient (Wildman–Crippen LogP) is 3.79. The highest BCUT2D eigenvalue weighted by Crippen LogP contribution is 2.28. The second-order valence-electron chi connectivity index (χ2n) is 4.43. The largest absolute Gasteiger partial charge is 0.398 e. The van der Waals surface area contributed by atoms with E-state index in [-0.39, 0.29) is 0 Å². The summed E-state index contributed by atoms with van der Waals surface area (Å²) in [4.78, 5) is 4.39. The third kappa shape index (κ3) is 1.72. The van der Waals surface area contributed by atoms with Gasteiger partial charge in [-0.25, -0.2) is 0 Å². The molecule has 2 nitrogen and oxygen atoms in total. The zero-order valence-electron chi connectivity index (χ0n) is 10.2. The van der Waals surface area contributed by atoms with Gasteiger partial charge < -0.3 is 5.73 Å². The quantitative estimate of drug-likeness (QED) is 0.650. The number of rotatable bonds is 1. The Bertz CT molecular complexity index is 717. The number of anilines is 1. The molecule has 0 aliphatic rings. The minimum atomic E-state index is 0.827. The number of benzene rings is 2. The summed E-state index contributed by atoms with van der Waals surface area (Å²) in [6.45, 7) is 2.05. The van der Waals surface area contributed by atoms with Crippen molar-refractivity contribution in [2.45, 2.75) is 6.92 Å². The minimum Gasteiger partial charge on any atom is -0.398 e. The van der Waals surface area contributed by atoms with Gasteiger partial charge in [0.1, 0.15) is 0 Å². The van der Waals surface area contributed by atoms with Gasteiger partial charge >= 0.3 is 0 Å². The average Bonchev–Trinajstić information content (AvgIpc) is 2.41. The fourth-order valence-corrected chi connectivity index (χ4v) is 2.20. The minimum absolute atomic E-state index is 0.827. The van der Waals surface area contributed by atoms with E-state index in [9.17, 15) is 0 Å². The number of aromatic nitrogens is 1. The third-order valence-electron chi connectivity index (χ3n) is 3.29. The zero-order valence-corrected chi connectivity index (χ0v) is 10.2. The summed E-state index contributed by atoms with van der Waals surface area (Å²) >= 11 is 0. The highest BCUT2D eigenvalue weighted by atomic mass is 14.6. The smallest absolute Gasteiger partial charge is 0.0708 e. The molecule has 0 spiro atoms. The molecule has 0 aliphatic carbocycles. The average molecular weight is 234 g/mol. The first-order chi connectivity index (χ1) is 8.75. The summed E-state index contributed by atoms with van der Waals surface area (Å²) < 4.78 is 0. The predicted molar refractivity (Wildman–Crippen MR) is 76.3 cm³/mol. The summed E-state index contributed by atoms with van der Waals surface area (Å²) in [6.07, 6.45) is 1.82. The van der Waals surface area contributed by atoms with Crippen molar-refractivity contribution in [1.29, 1.82) is 0 Å². The number of nitrogens with zero attached hydrogens (tertiary/aromatic N) is 1. The van der Waals surface area contributed by atoms with E-state index in [1.54, 1.807) is 0 Å². The number of hydrogen-bond donors (Lipinski definition) is 1. The van der Waals surface area contributed by atoms with Crippen LogP contribution in [0.1, 0.15) is 5.56 Å². The van der Waals surface area contributed by atoms with E-state index in [2.05, 4.69) is 35.3 Å². The molecule has 0 saturated carbocycles. The lowest BCUT2D eigenvalue weighted by atomic mass is 9.98. The van der Waals surface area contributed by atoms with Crippen LogP contribution < -0.4 is 5.73 Å². The van der Waals surface area contributed by atoms with E-state index >= 15 is 0 Å². The Balaban J connectivity index is 2.22. The zero-order chi connectivity index (χ0) is 12.5. The molecule has 2 aromatic carbocycles. The molecule has 2 heteroatoms. The molecule has 3 rings (SSSR count). The summed E-state index contributed by atoms with van der Waals surface area (Å²) in [5.74, 6) is 0. The molecule has 0 atom stereocenters. The molecule has 1 heterocycles. The van der Waals surface area contributed by atoms with Crippen molar-refractivity contribution in [3.63, 3.8) is 0 Å². The van der Waals surface area contributed by atoms with Crippen LogP contribution in [0.2, 0.25) is 0 Å². The highest BCUT2D eigenvalue weighted by molar-refractivity contribution is 5.85. The van der Waals surface area contributed by atoms with Gasteiger partial charge in [-0.1, -0.05) is 30.3 Å². The Morgan fingerprint density at radius 3 is 2.78 bits per heavy atom. The molecule has 1 aromatic heterocycles. The molecular formula is C16H14N2. The van der Waals surface area contributed by atoms with E-state index in [4.69, 9.17) is 5.73 Å². The standard InChI is InChI=1S/C16H14N2/c1-11-14(5-2-6-15(11)17)13-8-7-12-4-3-9-18-16(12)10-13/h2-10H,17H2,1H3. The number of pyridine rings is 1. The first-order valence-electron chi connectivity index (χ1n) is 5.96. The maximum absolute atomic E-state index is 5.95. The molecule has 0 fully saturated rings. The Morgan fingerprint density at radius 1 is 1.00 bits per heavy atom. The molecule has 0 unspecified atom stereocenters. The van der Waals surface area contributed by atoms with Crippen LogP contribution in [0, 0.1) is 6.92 Å². The fourth-order valence-electron chi connectivity index (χ4n) is 2.20. The summed E-state index contributed by atoms with van der Waals surface area (Å²) in [6, 6.07) is 16.4. The van der Waals surface area contributed by atoms with Gasteiger partial charge in [0.2, 0.25) is 0 Å². The molecular weight excluding hydrogens is 220 g/mol. The van der Waals surface area contributed by atoms with E-state index in [0.29, 0.717) is 0 Å². The van der Waals surface area contributed by atoms with Gasteiger partial charge in [-0.15, -0.1) is 0 Å². The van der Waals surface area contributed by atoms with Crippen LogP contribution in [0.3, 0.4) is 0 Å². The van der Waals surface area contributed by atoms with E-state index < -0.39 is 0 Å². The SMILES string of the molecule is Cc1c(N)cccc1-c1ccc2cccnc2c1. The molecule has 0 saturated heterocycles.